The third kappa shape index (κ3) is 5.20. The Morgan fingerprint density at radius 2 is 0.981 bits per heavy atom. The Bertz CT molecular complexity index is 2970. The fourth-order valence-corrected chi connectivity index (χ4v) is 8.87. The lowest BCUT2D eigenvalue weighted by Gasteiger charge is -2.26. The molecule has 7 aromatic carbocycles. The minimum atomic E-state index is 0.135. The first kappa shape index (κ1) is 32.0. The molecule has 0 unspecified atom stereocenters. The zero-order valence-corrected chi connectivity index (χ0v) is 31.6. The van der Waals surface area contributed by atoms with Crippen molar-refractivity contribution >= 4 is 65.2 Å². The maximum atomic E-state index is 2.55. The number of rotatable bonds is 3. The van der Waals surface area contributed by atoms with Crippen molar-refractivity contribution in [2.75, 3.05) is 0 Å². The summed E-state index contributed by atoms with van der Waals surface area (Å²) in [4.78, 5) is 0. The van der Waals surface area contributed by atoms with Gasteiger partial charge in [0.15, 0.2) is 0 Å². The first-order valence-electron chi connectivity index (χ1n) is 19.2. The Morgan fingerprint density at radius 1 is 0.415 bits per heavy atom. The third-order valence-electron chi connectivity index (χ3n) is 12.0. The monoisotopic (exact) mass is 683 g/mol. The lowest BCUT2D eigenvalue weighted by atomic mass is 9.79. The highest BCUT2D eigenvalue weighted by atomic mass is 14.9. The lowest BCUT2D eigenvalue weighted by molar-refractivity contribution is 0.482. The normalized spacial score (nSPS) is 14.3. The predicted octanol–water partition coefficient (Wildman–Crippen LogP) is 14.9. The van der Waals surface area contributed by atoms with Crippen LogP contribution >= 0.6 is 0 Å². The fourth-order valence-electron chi connectivity index (χ4n) is 8.87. The average Bonchev–Trinajstić information content (AvgIpc) is 3.65. The van der Waals surface area contributed by atoms with Crippen molar-refractivity contribution in [2.24, 2.45) is 5.41 Å². The van der Waals surface area contributed by atoms with Crippen LogP contribution in [0.15, 0.2) is 145 Å². The van der Waals surface area contributed by atoms with Gasteiger partial charge in [0, 0.05) is 21.5 Å². The Kier molecular flexibility index (Phi) is 6.90. The molecule has 0 fully saturated rings. The van der Waals surface area contributed by atoms with Gasteiger partial charge in [0.1, 0.15) is 0 Å². The maximum Gasteiger partial charge on any atom is 0.0620 e. The molecule has 0 N–H and O–H groups in total. The molecule has 1 nitrogen and oxygen atoms in total. The highest BCUT2D eigenvalue weighted by molar-refractivity contribution is 6.27. The highest BCUT2D eigenvalue weighted by Crippen LogP contribution is 2.45. The van der Waals surface area contributed by atoms with Crippen LogP contribution in [-0.4, -0.2) is 4.40 Å². The van der Waals surface area contributed by atoms with Gasteiger partial charge in [0.25, 0.3) is 0 Å². The summed E-state index contributed by atoms with van der Waals surface area (Å²) in [5, 5.41) is 10.4. The summed E-state index contributed by atoms with van der Waals surface area (Å²) in [5.41, 5.74) is 14.9. The van der Waals surface area contributed by atoms with Crippen molar-refractivity contribution in [3.8, 4) is 22.3 Å². The quantitative estimate of drug-likeness (QED) is 0.175. The Labute approximate surface area is 312 Å². The van der Waals surface area contributed by atoms with E-state index in [0.717, 1.165) is 12.8 Å². The van der Waals surface area contributed by atoms with Crippen LogP contribution in [0, 0.1) is 5.41 Å². The van der Waals surface area contributed by atoms with Crippen molar-refractivity contribution in [1.82, 2.24) is 4.40 Å². The SMILES string of the molecule is CC(C)(C)C1=CC=C(c2ccc3cc4c5cc(-c6ccccc6)cc6c7cc8ccc(-c9ccc(C(C)(C)C)cc9)cc8cc7n(c4cc3c2)c56)CC1. The largest absolute Gasteiger partial charge is 0.308 e. The summed E-state index contributed by atoms with van der Waals surface area (Å²) >= 11 is 0. The van der Waals surface area contributed by atoms with Crippen molar-refractivity contribution in [1.29, 1.82) is 0 Å². The number of fused-ring (bicyclic) bond motifs is 8. The van der Waals surface area contributed by atoms with Crippen molar-refractivity contribution in [3.63, 3.8) is 0 Å². The molecule has 0 saturated heterocycles. The second-order valence-electron chi connectivity index (χ2n) is 17.4. The predicted molar refractivity (Wildman–Crippen MR) is 230 cm³/mol. The summed E-state index contributed by atoms with van der Waals surface area (Å²) in [6.07, 6.45) is 6.95. The first-order valence-corrected chi connectivity index (χ1v) is 19.2. The molecule has 0 radical (unpaired) electrons. The molecular weight excluding hydrogens is 639 g/mol. The molecule has 1 heteroatoms. The van der Waals surface area contributed by atoms with Gasteiger partial charge in [-0.1, -0.05) is 138 Å². The maximum absolute atomic E-state index is 2.55. The summed E-state index contributed by atoms with van der Waals surface area (Å²) < 4.78 is 2.55. The molecule has 258 valence electrons. The average molecular weight is 684 g/mol. The molecule has 0 atom stereocenters. The second-order valence-corrected chi connectivity index (χ2v) is 17.4. The van der Waals surface area contributed by atoms with Crippen LogP contribution in [0.25, 0.3) is 87.5 Å². The fraction of sp³-hybridized carbons (Fsp3) is 0.192. The van der Waals surface area contributed by atoms with Gasteiger partial charge in [-0.3, -0.25) is 0 Å². The molecule has 9 aromatic rings. The molecule has 0 bridgehead atoms. The minimum Gasteiger partial charge on any atom is -0.308 e. The molecular formula is C52H45N. The van der Waals surface area contributed by atoms with E-state index >= 15 is 0 Å². The van der Waals surface area contributed by atoms with Gasteiger partial charge in [-0.05, 0) is 133 Å². The molecule has 2 aromatic heterocycles. The van der Waals surface area contributed by atoms with E-state index in [0.29, 0.717) is 0 Å². The van der Waals surface area contributed by atoms with E-state index in [1.807, 2.05) is 0 Å². The number of benzene rings is 7. The summed E-state index contributed by atoms with van der Waals surface area (Å²) in [5.74, 6) is 0. The third-order valence-corrected chi connectivity index (χ3v) is 12.0. The topological polar surface area (TPSA) is 4.41 Å². The van der Waals surface area contributed by atoms with Crippen LogP contribution in [0.3, 0.4) is 0 Å². The Hall–Kier alpha value is -5.66. The lowest BCUT2D eigenvalue weighted by Crippen LogP contribution is -2.11. The van der Waals surface area contributed by atoms with Crippen LogP contribution in [0.1, 0.15) is 65.5 Å². The van der Waals surface area contributed by atoms with Crippen molar-refractivity contribution in [3.05, 3.63) is 156 Å². The van der Waals surface area contributed by atoms with Crippen molar-refractivity contribution < 1.29 is 0 Å². The molecule has 0 amide bonds. The van der Waals surface area contributed by atoms with Crippen LogP contribution in [0.5, 0.6) is 0 Å². The highest BCUT2D eigenvalue weighted by Gasteiger charge is 2.22. The van der Waals surface area contributed by atoms with E-state index in [1.165, 1.54) is 104 Å². The second kappa shape index (κ2) is 11.4. The number of nitrogens with zero attached hydrogens (tertiary/aromatic N) is 1. The summed E-state index contributed by atoms with van der Waals surface area (Å²) in [6.45, 7) is 13.8. The van der Waals surface area contributed by atoms with E-state index in [-0.39, 0.29) is 10.8 Å². The van der Waals surface area contributed by atoms with E-state index in [1.54, 1.807) is 0 Å². The number of aromatic nitrogens is 1. The van der Waals surface area contributed by atoms with Crippen LogP contribution in [0.4, 0.5) is 0 Å². The molecule has 0 saturated carbocycles. The molecule has 1 aliphatic carbocycles. The standard InChI is InChI=1S/C52H45N/c1-51(2,3)42-20-16-33(17-21-42)35-12-14-37-26-44-46-28-41(32-10-8-7-9-11-32)29-47-45-27-38-15-13-36(34-18-22-43(23-19-34)52(4,5)6)25-40(38)31-49(45)53(50(46)47)48(44)30-39(37)24-35/h7-18,20-22,24-31H,19,23H2,1-6H3. The number of allylic oxidation sites excluding steroid dienone is 4. The smallest absolute Gasteiger partial charge is 0.0620 e. The van der Waals surface area contributed by atoms with Gasteiger partial charge in [-0.25, -0.2) is 0 Å². The molecule has 2 heterocycles. The van der Waals surface area contributed by atoms with Crippen molar-refractivity contribution in [2.45, 2.75) is 59.8 Å². The summed E-state index contributed by atoms with van der Waals surface area (Å²) in [6, 6.07) is 48.6. The van der Waals surface area contributed by atoms with Crippen LogP contribution in [-0.2, 0) is 5.41 Å². The van der Waals surface area contributed by atoms with Gasteiger partial charge >= 0.3 is 0 Å². The van der Waals surface area contributed by atoms with Gasteiger partial charge in [0.05, 0.1) is 16.6 Å². The molecule has 1 aliphatic rings. The molecule has 10 rings (SSSR count). The first-order chi connectivity index (χ1) is 25.5. The number of hydrogen-bond donors (Lipinski definition) is 0. The zero-order chi connectivity index (χ0) is 36.2. The van der Waals surface area contributed by atoms with Gasteiger partial charge in [0.2, 0.25) is 0 Å². The van der Waals surface area contributed by atoms with Gasteiger partial charge in [-0.2, -0.15) is 0 Å². The molecule has 53 heavy (non-hydrogen) atoms. The van der Waals surface area contributed by atoms with Gasteiger partial charge < -0.3 is 4.40 Å². The van der Waals surface area contributed by atoms with Crippen LogP contribution < -0.4 is 0 Å². The zero-order valence-electron chi connectivity index (χ0n) is 31.6. The van der Waals surface area contributed by atoms with E-state index in [4.69, 9.17) is 0 Å². The molecule has 0 spiro atoms. The van der Waals surface area contributed by atoms with E-state index < -0.39 is 0 Å². The van der Waals surface area contributed by atoms with E-state index in [2.05, 4.69) is 185 Å². The minimum absolute atomic E-state index is 0.135. The Balaban J connectivity index is 1.21. The Morgan fingerprint density at radius 3 is 1.55 bits per heavy atom. The summed E-state index contributed by atoms with van der Waals surface area (Å²) in [7, 11) is 0. The van der Waals surface area contributed by atoms with Gasteiger partial charge in [-0.15, -0.1) is 0 Å². The number of hydrogen-bond acceptors (Lipinski definition) is 0. The molecule has 0 aliphatic heterocycles. The van der Waals surface area contributed by atoms with E-state index in [9.17, 15) is 0 Å². The van der Waals surface area contributed by atoms with Crippen LogP contribution in [0.2, 0.25) is 0 Å².